The van der Waals surface area contributed by atoms with Gasteiger partial charge in [-0.2, -0.15) is 5.10 Å². The van der Waals surface area contributed by atoms with Crippen LogP contribution < -0.4 is 10.1 Å². The Hall–Kier alpha value is -2.77. The summed E-state index contributed by atoms with van der Waals surface area (Å²) in [6.45, 7) is 1.81. The molecule has 1 aliphatic heterocycles. The van der Waals surface area contributed by atoms with Crippen LogP contribution in [0.4, 0.5) is 0 Å². The van der Waals surface area contributed by atoms with E-state index in [0.717, 1.165) is 25.9 Å². The van der Waals surface area contributed by atoms with E-state index in [9.17, 15) is 9.59 Å². The van der Waals surface area contributed by atoms with Crippen LogP contribution in [-0.2, 0) is 18.4 Å². The van der Waals surface area contributed by atoms with E-state index in [2.05, 4.69) is 10.4 Å². The third-order valence-electron chi connectivity index (χ3n) is 3.88. The zero-order valence-electron chi connectivity index (χ0n) is 13.5. The zero-order valence-corrected chi connectivity index (χ0v) is 13.5. The smallest absolute Gasteiger partial charge is 0.272 e. The molecule has 0 spiro atoms. The number of aromatic nitrogens is 2. The fourth-order valence-electron chi connectivity index (χ4n) is 2.56. The first kappa shape index (κ1) is 16.1. The van der Waals surface area contributed by atoms with E-state index in [0.29, 0.717) is 11.6 Å². The lowest BCUT2D eigenvalue weighted by molar-refractivity contribution is -0.132. The van der Waals surface area contributed by atoms with Gasteiger partial charge in [-0.3, -0.25) is 9.59 Å². The minimum absolute atomic E-state index is 0.0440. The fourth-order valence-corrected chi connectivity index (χ4v) is 2.56. The van der Waals surface area contributed by atoms with Crippen LogP contribution in [-0.4, -0.2) is 46.2 Å². The Morgan fingerprint density at radius 1 is 1.38 bits per heavy atom. The molecule has 0 saturated carbocycles. The number of rotatable bonds is 6. The molecule has 0 radical (unpaired) electrons. The molecule has 2 aromatic rings. The molecule has 3 heterocycles. The van der Waals surface area contributed by atoms with Crippen LogP contribution in [0, 0.1) is 0 Å². The molecule has 8 heteroatoms. The zero-order chi connectivity index (χ0) is 16.9. The van der Waals surface area contributed by atoms with Gasteiger partial charge in [-0.25, -0.2) is 4.68 Å². The summed E-state index contributed by atoms with van der Waals surface area (Å²) in [7, 11) is 1.67. The molecule has 24 heavy (non-hydrogen) atoms. The highest BCUT2D eigenvalue weighted by Crippen LogP contribution is 2.13. The lowest BCUT2D eigenvalue weighted by Crippen LogP contribution is -2.32. The van der Waals surface area contributed by atoms with Crippen molar-refractivity contribution in [3.8, 4) is 5.88 Å². The second-order valence-corrected chi connectivity index (χ2v) is 5.63. The van der Waals surface area contributed by atoms with Crippen LogP contribution in [0.1, 0.15) is 29.1 Å². The van der Waals surface area contributed by atoms with Gasteiger partial charge in [-0.1, -0.05) is 0 Å². The Bertz CT molecular complexity index is 702. The maximum Gasteiger partial charge on any atom is 0.272 e. The largest absolute Gasteiger partial charge is 0.468 e. The van der Waals surface area contributed by atoms with Crippen LogP contribution >= 0.6 is 0 Å². The van der Waals surface area contributed by atoms with Gasteiger partial charge < -0.3 is 19.4 Å². The average Bonchev–Trinajstić information content (AvgIpc) is 3.32. The van der Waals surface area contributed by atoms with Crippen molar-refractivity contribution in [3.63, 3.8) is 0 Å². The van der Waals surface area contributed by atoms with E-state index >= 15 is 0 Å². The van der Waals surface area contributed by atoms with Gasteiger partial charge in [-0.15, -0.1) is 0 Å². The topological polar surface area (TPSA) is 89.6 Å². The minimum Gasteiger partial charge on any atom is -0.468 e. The first-order chi connectivity index (χ1) is 11.6. The summed E-state index contributed by atoms with van der Waals surface area (Å²) in [5, 5.41) is 6.82. The van der Waals surface area contributed by atoms with Gasteiger partial charge in [0.15, 0.2) is 12.3 Å². The molecule has 0 bridgehead atoms. The summed E-state index contributed by atoms with van der Waals surface area (Å²) in [4.78, 5) is 25.9. The number of furan rings is 1. The highest BCUT2D eigenvalue weighted by atomic mass is 16.5. The average molecular weight is 332 g/mol. The minimum atomic E-state index is -0.331. The Balaban J connectivity index is 1.53. The molecule has 1 N–H and O–H groups in total. The number of carbonyl (C=O) groups is 2. The summed E-state index contributed by atoms with van der Waals surface area (Å²) in [6, 6.07) is 5.05. The molecule has 0 aliphatic carbocycles. The van der Waals surface area contributed by atoms with Crippen LogP contribution in [0.15, 0.2) is 28.9 Å². The Labute approximate surface area is 139 Å². The molecule has 0 unspecified atom stereocenters. The second kappa shape index (κ2) is 7.20. The SMILES string of the molecule is Cn1nc(C(=O)NCc2ccco2)cc1OCC(=O)N1CCCC1. The van der Waals surface area contributed by atoms with Crippen LogP contribution in [0.3, 0.4) is 0 Å². The Morgan fingerprint density at radius 2 is 2.17 bits per heavy atom. The Morgan fingerprint density at radius 3 is 2.88 bits per heavy atom. The highest BCUT2D eigenvalue weighted by Gasteiger charge is 2.20. The van der Waals surface area contributed by atoms with E-state index in [-0.39, 0.29) is 30.7 Å². The lowest BCUT2D eigenvalue weighted by Gasteiger charge is -2.15. The molecule has 1 saturated heterocycles. The number of ether oxygens (including phenoxy) is 1. The number of aryl methyl sites for hydroxylation is 1. The number of carbonyl (C=O) groups excluding carboxylic acids is 2. The number of likely N-dealkylation sites (tertiary alicyclic amines) is 1. The van der Waals surface area contributed by atoms with Crippen molar-refractivity contribution < 1.29 is 18.7 Å². The van der Waals surface area contributed by atoms with E-state index in [4.69, 9.17) is 9.15 Å². The van der Waals surface area contributed by atoms with Crippen molar-refractivity contribution in [2.75, 3.05) is 19.7 Å². The first-order valence-electron chi connectivity index (χ1n) is 7.88. The molecule has 2 aromatic heterocycles. The summed E-state index contributed by atoms with van der Waals surface area (Å²) in [6.07, 6.45) is 3.63. The van der Waals surface area contributed by atoms with Crippen molar-refractivity contribution in [2.45, 2.75) is 19.4 Å². The number of nitrogens with one attached hydrogen (secondary N) is 1. The van der Waals surface area contributed by atoms with Crippen LogP contribution in [0.25, 0.3) is 0 Å². The third-order valence-corrected chi connectivity index (χ3v) is 3.88. The molecule has 0 atom stereocenters. The van der Waals surface area contributed by atoms with Gasteiger partial charge in [0.1, 0.15) is 5.76 Å². The quantitative estimate of drug-likeness (QED) is 0.850. The maximum absolute atomic E-state index is 12.1. The van der Waals surface area contributed by atoms with Gasteiger partial charge in [0.05, 0.1) is 12.8 Å². The summed E-state index contributed by atoms with van der Waals surface area (Å²) >= 11 is 0. The number of hydrogen-bond acceptors (Lipinski definition) is 5. The van der Waals surface area contributed by atoms with Crippen molar-refractivity contribution in [3.05, 3.63) is 35.9 Å². The second-order valence-electron chi connectivity index (χ2n) is 5.63. The van der Waals surface area contributed by atoms with E-state index in [1.165, 1.54) is 10.7 Å². The highest BCUT2D eigenvalue weighted by molar-refractivity contribution is 5.92. The number of amides is 2. The van der Waals surface area contributed by atoms with Gasteiger partial charge >= 0.3 is 0 Å². The van der Waals surface area contributed by atoms with Crippen molar-refractivity contribution >= 4 is 11.8 Å². The molecule has 1 aliphatic rings. The number of nitrogens with zero attached hydrogens (tertiary/aromatic N) is 3. The van der Waals surface area contributed by atoms with E-state index in [1.54, 1.807) is 30.3 Å². The third kappa shape index (κ3) is 3.76. The van der Waals surface area contributed by atoms with Gasteiger partial charge in [0.25, 0.3) is 11.8 Å². The predicted octanol–water partition coefficient (Wildman–Crippen LogP) is 0.944. The summed E-state index contributed by atoms with van der Waals surface area (Å²) in [5.74, 6) is 0.665. The maximum atomic E-state index is 12.1. The summed E-state index contributed by atoms with van der Waals surface area (Å²) in [5.41, 5.74) is 0.229. The van der Waals surface area contributed by atoms with Crippen LogP contribution in [0.2, 0.25) is 0 Å². The van der Waals surface area contributed by atoms with Crippen LogP contribution in [0.5, 0.6) is 5.88 Å². The first-order valence-corrected chi connectivity index (χ1v) is 7.88. The van der Waals surface area contributed by atoms with Crippen molar-refractivity contribution in [1.29, 1.82) is 0 Å². The van der Waals surface area contributed by atoms with E-state index < -0.39 is 0 Å². The standard InChI is InChI=1S/C16H20N4O4/c1-19-15(24-11-14(21)20-6-2-3-7-20)9-13(18-19)16(22)17-10-12-5-4-8-23-12/h4-5,8-9H,2-3,6-7,10-11H2,1H3,(H,17,22). The normalized spacial score (nSPS) is 14.0. The van der Waals surface area contributed by atoms with E-state index in [1.807, 2.05) is 0 Å². The van der Waals surface area contributed by atoms with Crippen molar-refractivity contribution in [2.24, 2.45) is 7.05 Å². The molecule has 2 amide bonds. The predicted molar refractivity (Wildman–Crippen MR) is 84.4 cm³/mol. The number of hydrogen-bond donors (Lipinski definition) is 1. The van der Waals surface area contributed by atoms with Gasteiger partial charge in [-0.05, 0) is 25.0 Å². The Kier molecular flexibility index (Phi) is 4.83. The van der Waals surface area contributed by atoms with Gasteiger partial charge in [0, 0.05) is 26.2 Å². The van der Waals surface area contributed by atoms with Gasteiger partial charge in [0.2, 0.25) is 5.88 Å². The molecule has 8 nitrogen and oxygen atoms in total. The molecule has 3 rings (SSSR count). The molecule has 1 fully saturated rings. The monoisotopic (exact) mass is 332 g/mol. The molecule has 0 aromatic carbocycles. The fraction of sp³-hybridized carbons (Fsp3) is 0.438. The lowest BCUT2D eigenvalue weighted by atomic mass is 10.4. The molecular weight excluding hydrogens is 312 g/mol. The summed E-state index contributed by atoms with van der Waals surface area (Å²) < 4.78 is 12.1. The van der Waals surface area contributed by atoms with Crippen molar-refractivity contribution in [1.82, 2.24) is 20.0 Å². The molecule has 128 valence electrons. The molecular formula is C16H20N4O4.